The van der Waals surface area contributed by atoms with Gasteiger partial charge in [-0.3, -0.25) is 4.79 Å². The summed E-state index contributed by atoms with van der Waals surface area (Å²) in [4.78, 5) is 11.2. The van der Waals surface area contributed by atoms with Crippen molar-refractivity contribution in [3.63, 3.8) is 0 Å². The van der Waals surface area contributed by atoms with E-state index >= 15 is 0 Å². The van der Waals surface area contributed by atoms with Gasteiger partial charge in [-0.2, -0.15) is 18.4 Å². The lowest BCUT2D eigenvalue weighted by Crippen LogP contribution is -2.10. The van der Waals surface area contributed by atoms with E-state index in [1.165, 1.54) is 12.1 Å². The van der Waals surface area contributed by atoms with Gasteiger partial charge in [0.2, 0.25) is 0 Å². The smallest absolute Gasteiger partial charge is 0.446 e. The minimum atomic E-state index is -4.46. The largest absolute Gasteiger partial charge is 0.466 e. The van der Waals surface area contributed by atoms with Crippen LogP contribution in [-0.4, -0.2) is 18.1 Å². The summed E-state index contributed by atoms with van der Waals surface area (Å²) in [5, 5.41) is 9.01. The molecule has 0 atom stereocenters. The van der Waals surface area contributed by atoms with Gasteiger partial charge in [0.15, 0.2) is 0 Å². The van der Waals surface area contributed by atoms with E-state index in [1.54, 1.807) is 35.6 Å². The van der Waals surface area contributed by atoms with Crippen molar-refractivity contribution in [3.05, 3.63) is 26.8 Å². The third-order valence-electron chi connectivity index (χ3n) is 2.16. The lowest BCUT2D eigenvalue weighted by atomic mass is 10.1. The molecule has 0 spiro atoms. The molecule has 0 radical (unpaired) electrons. The molecular weight excluding hydrogens is 406 g/mol. The van der Waals surface area contributed by atoms with E-state index < -0.39 is 11.5 Å². The summed E-state index contributed by atoms with van der Waals surface area (Å²) in [7, 11) is 0. The van der Waals surface area contributed by atoms with Gasteiger partial charge in [0, 0.05) is 8.47 Å². The topological polar surface area (TPSA) is 50.1 Å². The average Bonchev–Trinajstić information content (AvgIpc) is 2.31. The number of nitrogens with zero attached hydrogens (tertiary/aromatic N) is 1. The zero-order chi connectivity index (χ0) is 15.3. The number of halogens is 4. The molecule has 1 aromatic carbocycles. The van der Waals surface area contributed by atoms with Crippen LogP contribution in [0, 0.1) is 14.9 Å². The fourth-order valence-corrected chi connectivity index (χ4v) is 3.02. The number of ether oxygens (including phenoxy) is 1. The Balaban J connectivity index is 3.09. The highest BCUT2D eigenvalue weighted by atomic mass is 127. The van der Waals surface area contributed by atoms with Crippen LogP contribution in [0.2, 0.25) is 0 Å². The maximum absolute atomic E-state index is 12.4. The first kappa shape index (κ1) is 17.1. The van der Waals surface area contributed by atoms with Gasteiger partial charge in [0.05, 0.1) is 18.6 Å². The predicted molar refractivity (Wildman–Crippen MR) is 76.1 cm³/mol. The molecule has 3 nitrogen and oxygen atoms in total. The van der Waals surface area contributed by atoms with Crippen LogP contribution in [0.4, 0.5) is 13.2 Å². The maximum Gasteiger partial charge on any atom is 0.446 e. The van der Waals surface area contributed by atoms with Gasteiger partial charge in [-0.25, -0.2) is 0 Å². The highest BCUT2D eigenvalue weighted by molar-refractivity contribution is 14.1. The molecule has 0 aliphatic heterocycles. The van der Waals surface area contributed by atoms with Crippen LogP contribution in [0.1, 0.15) is 18.1 Å². The average molecular weight is 415 g/mol. The second kappa shape index (κ2) is 7.17. The number of nitriles is 1. The third kappa shape index (κ3) is 4.86. The zero-order valence-electron chi connectivity index (χ0n) is 10.3. The Morgan fingerprint density at radius 3 is 2.65 bits per heavy atom. The monoisotopic (exact) mass is 415 g/mol. The van der Waals surface area contributed by atoms with E-state index in [4.69, 9.17) is 10.00 Å². The van der Waals surface area contributed by atoms with Crippen molar-refractivity contribution in [2.45, 2.75) is 23.7 Å². The Morgan fingerprint density at radius 2 is 2.15 bits per heavy atom. The lowest BCUT2D eigenvalue weighted by Gasteiger charge is -2.11. The van der Waals surface area contributed by atoms with Gasteiger partial charge < -0.3 is 4.74 Å². The minimum absolute atomic E-state index is 0.0717. The molecule has 0 fully saturated rings. The van der Waals surface area contributed by atoms with Crippen LogP contribution in [-0.2, 0) is 16.0 Å². The number of hydrogen-bond acceptors (Lipinski definition) is 4. The van der Waals surface area contributed by atoms with Crippen LogP contribution in [0.25, 0.3) is 0 Å². The second-order valence-electron chi connectivity index (χ2n) is 3.55. The van der Waals surface area contributed by atoms with Gasteiger partial charge in [0.25, 0.3) is 0 Å². The van der Waals surface area contributed by atoms with Crippen molar-refractivity contribution in [1.29, 1.82) is 5.26 Å². The van der Waals surface area contributed by atoms with Crippen molar-refractivity contribution in [3.8, 4) is 6.07 Å². The third-order valence-corrected chi connectivity index (χ3v) is 4.19. The molecule has 0 heterocycles. The summed E-state index contributed by atoms with van der Waals surface area (Å²) < 4.78 is 42.2. The quantitative estimate of drug-likeness (QED) is 0.426. The van der Waals surface area contributed by atoms with E-state index in [0.717, 1.165) is 0 Å². The first-order chi connectivity index (χ1) is 9.28. The summed E-state index contributed by atoms with van der Waals surface area (Å²) in [6.07, 6.45) is -0.0717. The predicted octanol–water partition coefficient (Wildman–Crippen LogP) is 3.88. The SMILES string of the molecule is CCOC(=O)Cc1ccc(SC(F)(F)F)c(C#N)c1I. The normalized spacial score (nSPS) is 11.0. The second-order valence-corrected chi connectivity index (χ2v) is 5.74. The number of alkyl halides is 3. The molecule has 108 valence electrons. The number of thioether (sulfide) groups is 1. The van der Waals surface area contributed by atoms with Crippen LogP contribution in [0.15, 0.2) is 17.0 Å². The van der Waals surface area contributed by atoms with Crippen molar-refractivity contribution in [2.24, 2.45) is 0 Å². The molecule has 1 aromatic rings. The number of rotatable bonds is 4. The van der Waals surface area contributed by atoms with E-state index in [9.17, 15) is 18.0 Å². The van der Waals surface area contributed by atoms with E-state index in [2.05, 4.69) is 0 Å². The molecule has 1 rings (SSSR count). The molecular formula is C12H9F3INO2S. The molecule has 8 heteroatoms. The summed E-state index contributed by atoms with van der Waals surface area (Å²) >= 11 is 1.43. The number of hydrogen-bond donors (Lipinski definition) is 0. The Kier molecular flexibility index (Phi) is 6.13. The summed E-state index contributed by atoms with van der Waals surface area (Å²) in [5.41, 5.74) is -4.06. The number of benzene rings is 1. The van der Waals surface area contributed by atoms with Crippen molar-refractivity contribution >= 4 is 40.3 Å². The van der Waals surface area contributed by atoms with Crippen LogP contribution in [0.5, 0.6) is 0 Å². The van der Waals surface area contributed by atoms with Crippen LogP contribution >= 0.6 is 34.4 Å². The van der Waals surface area contributed by atoms with Crippen LogP contribution in [0.3, 0.4) is 0 Å². The molecule has 0 saturated carbocycles. The van der Waals surface area contributed by atoms with Gasteiger partial charge >= 0.3 is 11.5 Å². The van der Waals surface area contributed by atoms with Crippen molar-refractivity contribution in [1.82, 2.24) is 0 Å². The standard InChI is InChI=1S/C12H9F3INO2S/c1-2-19-10(18)5-7-3-4-9(20-12(13,14)15)8(6-17)11(7)16/h3-4H,2,5H2,1H3. The van der Waals surface area contributed by atoms with Gasteiger partial charge in [-0.15, -0.1) is 0 Å². The van der Waals surface area contributed by atoms with Crippen molar-refractivity contribution in [2.75, 3.05) is 6.61 Å². The van der Waals surface area contributed by atoms with E-state index in [0.29, 0.717) is 9.13 Å². The highest BCUT2D eigenvalue weighted by Crippen LogP contribution is 2.40. The molecule has 0 amide bonds. The number of esters is 1. The molecule has 0 bridgehead atoms. The van der Waals surface area contributed by atoms with Gasteiger partial charge in [-0.05, 0) is 52.9 Å². The number of carbonyl (C=O) groups is 1. The first-order valence-corrected chi connectivity index (χ1v) is 7.30. The molecule has 0 aliphatic rings. The Labute approximate surface area is 131 Å². The molecule has 0 saturated heterocycles. The summed E-state index contributed by atoms with van der Waals surface area (Å²) in [5.74, 6) is -0.481. The van der Waals surface area contributed by atoms with Gasteiger partial charge in [0.1, 0.15) is 6.07 Å². The fraction of sp³-hybridized carbons (Fsp3) is 0.333. The molecule has 20 heavy (non-hydrogen) atoms. The summed E-state index contributed by atoms with van der Waals surface area (Å²) in [6, 6.07) is 4.36. The minimum Gasteiger partial charge on any atom is -0.466 e. The molecule has 0 unspecified atom stereocenters. The van der Waals surface area contributed by atoms with Crippen molar-refractivity contribution < 1.29 is 22.7 Å². The first-order valence-electron chi connectivity index (χ1n) is 5.41. The fourth-order valence-electron chi connectivity index (χ4n) is 1.42. The molecule has 0 aromatic heterocycles. The van der Waals surface area contributed by atoms with Gasteiger partial charge in [-0.1, -0.05) is 6.07 Å². The Hall–Kier alpha value is -0.950. The maximum atomic E-state index is 12.4. The summed E-state index contributed by atoms with van der Waals surface area (Å²) in [6.45, 7) is 1.88. The molecule has 0 N–H and O–H groups in total. The zero-order valence-corrected chi connectivity index (χ0v) is 13.2. The van der Waals surface area contributed by atoms with Crippen LogP contribution < -0.4 is 0 Å². The Morgan fingerprint density at radius 1 is 1.50 bits per heavy atom. The van der Waals surface area contributed by atoms with E-state index in [1.807, 2.05) is 0 Å². The number of carbonyl (C=O) groups excluding carboxylic acids is 1. The highest BCUT2D eigenvalue weighted by Gasteiger charge is 2.31. The molecule has 0 aliphatic carbocycles. The lowest BCUT2D eigenvalue weighted by molar-refractivity contribution is -0.142. The van der Waals surface area contributed by atoms with E-state index in [-0.39, 0.29) is 35.2 Å². The Bertz CT molecular complexity index is 555.